The van der Waals surface area contributed by atoms with Gasteiger partial charge < -0.3 is 15.3 Å². The third kappa shape index (κ3) is 2.42. The molecule has 4 saturated carbocycles. The highest BCUT2D eigenvalue weighted by atomic mass is 16.5. The number of aliphatic hydroxyl groups is 1. The Morgan fingerprint density at radius 2 is 1.81 bits per heavy atom. The molecule has 0 heterocycles. The predicted molar refractivity (Wildman–Crippen MR) is 105 cm³/mol. The third-order valence-corrected chi connectivity index (χ3v) is 10.3. The summed E-state index contributed by atoms with van der Waals surface area (Å²) in [6.07, 6.45) is 10.7. The highest BCUT2D eigenvalue weighted by Gasteiger charge is 2.64. The second kappa shape index (κ2) is 6.30. The number of fused-ring (bicyclic) bond motifs is 5. The lowest BCUT2D eigenvalue weighted by atomic mass is 9.43. The van der Waals surface area contributed by atoms with Gasteiger partial charge in [-0.1, -0.05) is 20.8 Å². The Hall–Kier alpha value is -0.410. The van der Waals surface area contributed by atoms with Crippen molar-refractivity contribution in [3.8, 4) is 0 Å². The van der Waals surface area contributed by atoms with E-state index >= 15 is 0 Å². The molecular weight excluding hydrogens is 322 g/mol. The van der Waals surface area contributed by atoms with E-state index in [1.165, 1.54) is 38.5 Å². The van der Waals surface area contributed by atoms with E-state index in [9.17, 15) is 5.11 Å². The minimum atomic E-state index is -0.346. The van der Waals surface area contributed by atoms with Crippen molar-refractivity contribution in [3.63, 3.8) is 0 Å². The number of ether oxygens (including phenoxy) is 1. The van der Waals surface area contributed by atoms with Crippen LogP contribution in [0.3, 0.4) is 0 Å². The fraction of sp³-hybridized carbons (Fsp3) is 0.957. The van der Waals surface area contributed by atoms with Gasteiger partial charge in [-0.3, -0.25) is 0 Å². The van der Waals surface area contributed by atoms with E-state index < -0.39 is 0 Å². The van der Waals surface area contributed by atoms with Gasteiger partial charge >= 0.3 is 0 Å². The summed E-state index contributed by atoms with van der Waals surface area (Å²) in [5.74, 6) is 3.19. The van der Waals surface area contributed by atoms with Gasteiger partial charge in [0, 0.05) is 18.2 Å². The number of aliphatic hydroxyl groups excluding tert-OH is 1. The monoisotopic (exact) mass is 361 g/mol. The Labute approximate surface area is 159 Å². The fourth-order valence-electron chi connectivity index (χ4n) is 8.27. The first kappa shape index (κ1) is 18.9. The molecule has 0 aromatic carbocycles. The molecule has 0 aromatic heterocycles. The molecule has 0 aromatic rings. The molecule has 0 aliphatic heterocycles. The van der Waals surface area contributed by atoms with Crippen molar-refractivity contribution >= 4 is 5.71 Å². The van der Waals surface area contributed by atoms with Crippen LogP contribution in [0.4, 0.5) is 0 Å². The van der Waals surface area contributed by atoms with Crippen LogP contribution in [0.15, 0.2) is 0 Å². The smallest absolute Gasteiger partial charge is 0.0832 e. The normalized spacial score (nSPS) is 52.1. The molecular formula is C23H39NO2. The van der Waals surface area contributed by atoms with Crippen molar-refractivity contribution < 1.29 is 9.84 Å². The molecule has 4 aliphatic rings. The van der Waals surface area contributed by atoms with Crippen LogP contribution < -0.4 is 0 Å². The first-order valence-electron chi connectivity index (χ1n) is 11.0. The summed E-state index contributed by atoms with van der Waals surface area (Å²) in [6.45, 7) is 7.86. The second-order valence-electron chi connectivity index (χ2n) is 10.8. The lowest BCUT2D eigenvalue weighted by molar-refractivity contribution is -0.145. The molecule has 0 radical (unpaired) electrons. The van der Waals surface area contributed by atoms with Gasteiger partial charge in [0.05, 0.1) is 12.7 Å². The van der Waals surface area contributed by atoms with E-state index in [2.05, 4.69) is 20.8 Å². The lowest BCUT2D eigenvalue weighted by Crippen LogP contribution is -2.56. The van der Waals surface area contributed by atoms with Crippen LogP contribution in [-0.4, -0.2) is 30.6 Å². The van der Waals surface area contributed by atoms with Crippen LogP contribution in [-0.2, 0) is 4.74 Å². The zero-order valence-corrected chi connectivity index (χ0v) is 17.3. The molecule has 0 amide bonds. The molecule has 0 bridgehead atoms. The first-order chi connectivity index (χ1) is 12.3. The van der Waals surface area contributed by atoms with Crippen molar-refractivity contribution in [2.75, 3.05) is 13.7 Å². The van der Waals surface area contributed by atoms with Gasteiger partial charge in [-0.2, -0.15) is 0 Å². The largest absolute Gasteiger partial charge is 0.390 e. The summed E-state index contributed by atoms with van der Waals surface area (Å²) in [7, 11) is 1.71. The molecule has 0 saturated heterocycles. The molecule has 7 unspecified atom stereocenters. The Kier molecular flexibility index (Phi) is 4.59. The molecule has 3 heteroatoms. The van der Waals surface area contributed by atoms with Crippen molar-refractivity contribution in [1.29, 1.82) is 5.41 Å². The maximum atomic E-state index is 10.9. The Morgan fingerprint density at radius 3 is 2.54 bits per heavy atom. The third-order valence-electron chi connectivity index (χ3n) is 10.3. The van der Waals surface area contributed by atoms with Crippen LogP contribution >= 0.6 is 0 Å². The molecule has 8 atom stereocenters. The number of hydrogen-bond acceptors (Lipinski definition) is 3. The van der Waals surface area contributed by atoms with Crippen LogP contribution in [0.1, 0.15) is 78.6 Å². The SMILES string of the molecule is COCC(O)[C@@]1(C)CCC2C3CCC4CC(=N)CCC4(C)C3CCC21C. The summed E-state index contributed by atoms with van der Waals surface area (Å²) >= 11 is 0. The first-order valence-corrected chi connectivity index (χ1v) is 11.0. The van der Waals surface area contributed by atoms with Gasteiger partial charge in [-0.15, -0.1) is 0 Å². The maximum absolute atomic E-state index is 10.9. The fourth-order valence-corrected chi connectivity index (χ4v) is 8.27. The quantitative estimate of drug-likeness (QED) is 0.738. The Bertz CT molecular complexity index is 577. The molecule has 4 fully saturated rings. The van der Waals surface area contributed by atoms with Gasteiger partial charge in [0.15, 0.2) is 0 Å². The van der Waals surface area contributed by atoms with Gasteiger partial charge in [0.25, 0.3) is 0 Å². The summed E-state index contributed by atoms with van der Waals surface area (Å²) in [5, 5.41) is 19.1. The number of methoxy groups -OCH3 is 1. The topological polar surface area (TPSA) is 53.3 Å². The van der Waals surface area contributed by atoms with Crippen molar-refractivity contribution in [3.05, 3.63) is 0 Å². The van der Waals surface area contributed by atoms with Crippen LogP contribution in [0.2, 0.25) is 0 Å². The summed E-state index contributed by atoms with van der Waals surface area (Å²) < 4.78 is 5.34. The van der Waals surface area contributed by atoms with E-state index in [-0.39, 0.29) is 16.9 Å². The van der Waals surface area contributed by atoms with E-state index in [4.69, 9.17) is 10.1 Å². The molecule has 0 spiro atoms. The van der Waals surface area contributed by atoms with Gasteiger partial charge in [-0.05, 0) is 92.3 Å². The van der Waals surface area contributed by atoms with Crippen LogP contribution in [0.5, 0.6) is 0 Å². The maximum Gasteiger partial charge on any atom is 0.0832 e. The van der Waals surface area contributed by atoms with Crippen molar-refractivity contribution in [2.45, 2.75) is 84.7 Å². The number of rotatable bonds is 3. The highest BCUT2D eigenvalue weighted by molar-refractivity contribution is 5.82. The van der Waals surface area contributed by atoms with Crippen LogP contribution in [0.25, 0.3) is 0 Å². The van der Waals surface area contributed by atoms with Gasteiger partial charge in [0.1, 0.15) is 0 Å². The Morgan fingerprint density at radius 1 is 1.08 bits per heavy atom. The highest BCUT2D eigenvalue weighted by Crippen LogP contribution is 2.70. The average molecular weight is 362 g/mol. The Balaban J connectivity index is 1.61. The molecule has 4 rings (SSSR count). The van der Waals surface area contributed by atoms with Gasteiger partial charge in [-0.25, -0.2) is 0 Å². The predicted octanol–water partition coefficient (Wildman–Crippen LogP) is 5.06. The second-order valence-corrected chi connectivity index (χ2v) is 10.8. The molecule has 26 heavy (non-hydrogen) atoms. The zero-order valence-electron chi connectivity index (χ0n) is 17.3. The average Bonchev–Trinajstić information content (AvgIpc) is 2.88. The molecule has 2 N–H and O–H groups in total. The zero-order chi connectivity index (χ0) is 18.7. The summed E-state index contributed by atoms with van der Waals surface area (Å²) in [6, 6.07) is 0. The number of nitrogens with one attached hydrogen (secondary N) is 1. The summed E-state index contributed by atoms with van der Waals surface area (Å²) in [4.78, 5) is 0. The van der Waals surface area contributed by atoms with Crippen molar-refractivity contribution in [1.82, 2.24) is 0 Å². The van der Waals surface area contributed by atoms with Gasteiger partial charge in [0.2, 0.25) is 0 Å². The minimum Gasteiger partial charge on any atom is -0.390 e. The number of hydrogen-bond donors (Lipinski definition) is 2. The summed E-state index contributed by atoms with van der Waals surface area (Å²) in [5.41, 5.74) is 1.70. The standard InChI is InChI=1S/C23H39NO2/c1-21-10-7-16(24)13-15(21)5-6-17-18(21)8-11-22(2)19(17)9-12-23(22,3)20(25)14-26-4/h15,17-20,24-25H,5-14H2,1-4H3/t15?,17?,18?,19?,20?,21?,22?,23-/m1/s1. The minimum absolute atomic E-state index is 0.00884. The van der Waals surface area contributed by atoms with E-state index in [1.807, 2.05) is 0 Å². The molecule has 3 nitrogen and oxygen atoms in total. The van der Waals surface area contributed by atoms with E-state index in [0.29, 0.717) is 12.0 Å². The van der Waals surface area contributed by atoms with Crippen molar-refractivity contribution in [2.24, 2.45) is 39.9 Å². The molecule has 148 valence electrons. The lowest BCUT2D eigenvalue weighted by Gasteiger charge is -2.62. The van der Waals surface area contributed by atoms with Crippen LogP contribution in [0, 0.1) is 45.3 Å². The molecule has 4 aliphatic carbocycles. The van der Waals surface area contributed by atoms with E-state index in [0.717, 1.165) is 48.6 Å². The van der Waals surface area contributed by atoms with E-state index in [1.54, 1.807) is 7.11 Å².